The Morgan fingerprint density at radius 3 is 2.50 bits per heavy atom. The molecule has 0 aliphatic heterocycles. The van der Waals surface area contributed by atoms with Gasteiger partial charge in [-0.15, -0.1) is 0 Å². The van der Waals surface area contributed by atoms with Crippen molar-refractivity contribution in [1.82, 2.24) is 0 Å². The van der Waals surface area contributed by atoms with Gasteiger partial charge in [0.2, 0.25) is 0 Å². The molecule has 0 heterocycles. The minimum absolute atomic E-state index is 0.117. The largest absolute Gasteiger partial charge is 0.294 e. The maximum absolute atomic E-state index is 13.1. The lowest BCUT2D eigenvalue weighted by Gasteiger charge is -2.01. The van der Waals surface area contributed by atoms with Crippen LogP contribution >= 0.6 is 0 Å². The van der Waals surface area contributed by atoms with Gasteiger partial charge in [0.05, 0.1) is 16.6 Å². The Morgan fingerprint density at radius 2 is 2.07 bits per heavy atom. The summed E-state index contributed by atoms with van der Waals surface area (Å²) in [6.45, 7) is 2.67. The van der Waals surface area contributed by atoms with E-state index in [4.69, 9.17) is 0 Å². The van der Waals surface area contributed by atoms with Gasteiger partial charge in [-0.25, -0.2) is 4.39 Å². The van der Waals surface area contributed by atoms with Crippen LogP contribution in [-0.4, -0.2) is 10.7 Å². The van der Waals surface area contributed by atoms with E-state index in [1.807, 2.05) is 0 Å². The van der Waals surface area contributed by atoms with Crippen molar-refractivity contribution in [1.29, 1.82) is 0 Å². The molecule has 0 atom stereocenters. The number of nitro benzene ring substituents is 1. The first-order valence-corrected chi connectivity index (χ1v) is 3.89. The number of carbonyl (C=O) groups excluding carboxylic acids is 1. The number of hydrogen-bond donors (Lipinski definition) is 0. The number of nitro groups is 1. The molecular formula is C9H8FNO3. The fourth-order valence-corrected chi connectivity index (χ4v) is 1.14. The summed E-state index contributed by atoms with van der Waals surface area (Å²) < 4.78 is 13.1. The number of carbonyl (C=O) groups is 1. The number of halogens is 1. The molecular weight excluding hydrogens is 189 g/mol. The van der Waals surface area contributed by atoms with E-state index in [2.05, 4.69) is 0 Å². The first-order chi connectivity index (χ1) is 6.43. The van der Waals surface area contributed by atoms with Gasteiger partial charge in [0.15, 0.2) is 5.78 Å². The molecule has 5 heteroatoms. The predicted octanol–water partition coefficient (Wildman–Crippen LogP) is 2.24. The van der Waals surface area contributed by atoms with E-state index in [1.54, 1.807) is 0 Å². The molecule has 0 spiro atoms. The smallest absolute Gasteiger partial charge is 0.275 e. The summed E-state index contributed by atoms with van der Waals surface area (Å²) in [5.41, 5.74) is -0.151. The Kier molecular flexibility index (Phi) is 2.60. The van der Waals surface area contributed by atoms with E-state index in [1.165, 1.54) is 19.9 Å². The van der Waals surface area contributed by atoms with Crippen LogP contribution in [0.4, 0.5) is 10.1 Å². The SMILES string of the molecule is CC(=O)c1cc(C)c([N+](=O)[O-])cc1F. The van der Waals surface area contributed by atoms with Crippen molar-refractivity contribution in [3.8, 4) is 0 Å². The number of hydrogen-bond acceptors (Lipinski definition) is 3. The fraction of sp³-hybridized carbons (Fsp3) is 0.222. The Balaban J connectivity index is 3.38. The predicted molar refractivity (Wildman–Crippen MR) is 47.8 cm³/mol. The van der Waals surface area contributed by atoms with Crippen LogP contribution in [0.15, 0.2) is 12.1 Å². The van der Waals surface area contributed by atoms with Crippen LogP contribution in [0, 0.1) is 22.9 Å². The van der Waals surface area contributed by atoms with Crippen LogP contribution in [-0.2, 0) is 0 Å². The maximum atomic E-state index is 13.1. The highest BCUT2D eigenvalue weighted by molar-refractivity contribution is 5.94. The summed E-state index contributed by atoms with van der Waals surface area (Å²) in [5, 5.41) is 10.4. The molecule has 0 amide bonds. The second-order valence-electron chi connectivity index (χ2n) is 2.93. The standard InChI is InChI=1S/C9H8FNO3/c1-5-3-7(6(2)12)8(10)4-9(5)11(13)14/h3-4H,1-2H3. The van der Waals surface area contributed by atoms with Gasteiger partial charge in [0.1, 0.15) is 5.82 Å². The number of benzene rings is 1. The topological polar surface area (TPSA) is 60.2 Å². The van der Waals surface area contributed by atoms with Gasteiger partial charge < -0.3 is 0 Å². The Labute approximate surface area is 79.5 Å². The number of aryl methyl sites for hydroxylation is 1. The van der Waals surface area contributed by atoms with Crippen LogP contribution < -0.4 is 0 Å². The van der Waals surface area contributed by atoms with Gasteiger partial charge in [0, 0.05) is 5.56 Å². The second-order valence-corrected chi connectivity index (χ2v) is 2.93. The Morgan fingerprint density at radius 1 is 1.50 bits per heavy atom. The average molecular weight is 197 g/mol. The van der Waals surface area contributed by atoms with E-state index in [9.17, 15) is 19.3 Å². The molecule has 14 heavy (non-hydrogen) atoms. The van der Waals surface area contributed by atoms with Gasteiger partial charge in [-0.1, -0.05) is 0 Å². The van der Waals surface area contributed by atoms with Gasteiger partial charge in [-0.3, -0.25) is 14.9 Å². The number of nitrogens with zero attached hydrogens (tertiary/aromatic N) is 1. The molecule has 74 valence electrons. The van der Waals surface area contributed by atoms with E-state index in [0.29, 0.717) is 0 Å². The van der Waals surface area contributed by atoms with Crippen molar-refractivity contribution >= 4 is 11.5 Å². The summed E-state index contributed by atoms with van der Waals surface area (Å²) in [4.78, 5) is 20.6. The van der Waals surface area contributed by atoms with E-state index >= 15 is 0 Å². The van der Waals surface area contributed by atoms with Gasteiger partial charge >= 0.3 is 0 Å². The van der Waals surface area contributed by atoms with Crippen molar-refractivity contribution in [3.63, 3.8) is 0 Å². The molecule has 0 aliphatic carbocycles. The summed E-state index contributed by atoms with van der Waals surface area (Å²) >= 11 is 0. The zero-order valence-corrected chi connectivity index (χ0v) is 7.70. The first-order valence-electron chi connectivity index (χ1n) is 3.89. The molecule has 0 radical (unpaired) electrons. The quantitative estimate of drug-likeness (QED) is 0.415. The lowest BCUT2D eigenvalue weighted by atomic mass is 10.1. The van der Waals surface area contributed by atoms with Crippen molar-refractivity contribution in [3.05, 3.63) is 39.2 Å². The minimum Gasteiger partial charge on any atom is -0.294 e. The summed E-state index contributed by atoms with van der Waals surface area (Å²) in [5.74, 6) is -1.30. The van der Waals surface area contributed by atoms with Gasteiger partial charge in [-0.05, 0) is 19.9 Å². The zero-order valence-electron chi connectivity index (χ0n) is 7.70. The third-order valence-corrected chi connectivity index (χ3v) is 1.86. The van der Waals surface area contributed by atoms with Crippen LogP contribution in [0.3, 0.4) is 0 Å². The van der Waals surface area contributed by atoms with Crippen molar-refractivity contribution in [2.45, 2.75) is 13.8 Å². The lowest BCUT2D eigenvalue weighted by Crippen LogP contribution is -2.01. The molecule has 1 aromatic rings. The third-order valence-electron chi connectivity index (χ3n) is 1.86. The molecule has 0 bridgehead atoms. The summed E-state index contributed by atoms with van der Waals surface area (Å²) in [7, 11) is 0. The molecule has 0 saturated carbocycles. The molecule has 0 N–H and O–H groups in total. The molecule has 0 saturated heterocycles. The molecule has 0 fully saturated rings. The number of Topliss-reactive ketones (excluding diaryl/α,β-unsaturated/α-hetero) is 1. The van der Waals surface area contributed by atoms with Crippen LogP contribution in [0.1, 0.15) is 22.8 Å². The molecule has 0 aromatic heterocycles. The summed E-state index contributed by atoms with van der Waals surface area (Å²) in [6, 6.07) is 1.96. The molecule has 0 unspecified atom stereocenters. The normalized spacial score (nSPS) is 9.93. The van der Waals surface area contributed by atoms with Crippen molar-refractivity contribution < 1.29 is 14.1 Å². The average Bonchev–Trinajstić information content (AvgIpc) is 2.07. The zero-order chi connectivity index (χ0) is 10.9. The number of rotatable bonds is 2. The lowest BCUT2D eigenvalue weighted by molar-refractivity contribution is -0.385. The molecule has 4 nitrogen and oxygen atoms in total. The van der Waals surface area contributed by atoms with Crippen LogP contribution in [0.25, 0.3) is 0 Å². The molecule has 1 rings (SSSR count). The first kappa shape index (κ1) is 10.3. The van der Waals surface area contributed by atoms with E-state index in [0.717, 1.165) is 6.07 Å². The highest BCUT2D eigenvalue weighted by Crippen LogP contribution is 2.22. The van der Waals surface area contributed by atoms with E-state index in [-0.39, 0.29) is 16.8 Å². The monoisotopic (exact) mass is 197 g/mol. The number of ketones is 1. The summed E-state index contributed by atoms with van der Waals surface area (Å²) in [6.07, 6.45) is 0. The maximum Gasteiger partial charge on any atom is 0.275 e. The van der Waals surface area contributed by atoms with Crippen molar-refractivity contribution in [2.75, 3.05) is 0 Å². The van der Waals surface area contributed by atoms with Gasteiger partial charge in [0.25, 0.3) is 5.69 Å². The highest BCUT2D eigenvalue weighted by Gasteiger charge is 2.17. The van der Waals surface area contributed by atoms with E-state index < -0.39 is 16.5 Å². The van der Waals surface area contributed by atoms with Crippen molar-refractivity contribution in [2.24, 2.45) is 0 Å². The Hall–Kier alpha value is -1.78. The van der Waals surface area contributed by atoms with Gasteiger partial charge in [-0.2, -0.15) is 0 Å². The molecule has 0 aliphatic rings. The molecule has 1 aromatic carbocycles. The minimum atomic E-state index is -0.852. The fourth-order valence-electron chi connectivity index (χ4n) is 1.14. The highest BCUT2D eigenvalue weighted by atomic mass is 19.1. The third kappa shape index (κ3) is 1.76. The van der Waals surface area contributed by atoms with Crippen LogP contribution in [0.2, 0.25) is 0 Å². The second kappa shape index (κ2) is 3.53. The Bertz CT molecular complexity index is 375. The van der Waals surface area contributed by atoms with Crippen LogP contribution in [0.5, 0.6) is 0 Å².